The van der Waals surface area contributed by atoms with Crippen molar-refractivity contribution in [2.45, 2.75) is 57.6 Å². The summed E-state index contributed by atoms with van der Waals surface area (Å²) in [7, 11) is 0. The molecule has 3 fully saturated rings. The maximum absolute atomic E-state index is 11.9. The molecule has 1 amide bonds. The first-order valence-electron chi connectivity index (χ1n) is 7.17. The highest BCUT2D eigenvalue weighted by atomic mass is 16.5. The fourth-order valence-corrected chi connectivity index (χ4v) is 3.09. The first-order chi connectivity index (χ1) is 9.04. The quantitative estimate of drug-likeness (QED) is 0.794. The zero-order valence-corrected chi connectivity index (χ0v) is 11.4. The number of carbonyl (C=O) groups excluding carboxylic acids is 1. The summed E-state index contributed by atoms with van der Waals surface area (Å²) < 4.78 is 5.78. The smallest absolute Gasteiger partial charge is 0.303 e. The van der Waals surface area contributed by atoms with Gasteiger partial charge < -0.3 is 15.2 Å². The van der Waals surface area contributed by atoms with Gasteiger partial charge in [0.05, 0.1) is 12.1 Å². The highest BCUT2D eigenvalue weighted by molar-refractivity contribution is 5.77. The lowest BCUT2D eigenvalue weighted by molar-refractivity contribution is -0.138. The van der Waals surface area contributed by atoms with Crippen LogP contribution in [0.3, 0.4) is 0 Å². The Morgan fingerprint density at radius 3 is 2.63 bits per heavy atom. The Kier molecular flexibility index (Phi) is 4.80. The summed E-state index contributed by atoms with van der Waals surface area (Å²) in [6.07, 6.45) is 4.80. The number of nitrogens with one attached hydrogen (secondary N) is 1. The van der Waals surface area contributed by atoms with Gasteiger partial charge in [-0.15, -0.1) is 0 Å². The summed E-state index contributed by atoms with van der Waals surface area (Å²) in [5.41, 5.74) is 0. The number of amides is 1. The molecule has 4 atom stereocenters. The number of hydrogen-bond donors (Lipinski definition) is 2. The third-order valence-electron chi connectivity index (χ3n) is 4.14. The van der Waals surface area contributed by atoms with Crippen molar-refractivity contribution in [2.75, 3.05) is 6.61 Å². The second kappa shape index (κ2) is 6.37. The molecule has 5 heteroatoms. The SMILES string of the molecule is CC(CC(=O)O)CC(=O)NC1CCC2CCC1OC2. The van der Waals surface area contributed by atoms with Crippen LogP contribution in [0.2, 0.25) is 0 Å². The van der Waals surface area contributed by atoms with E-state index in [1.165, 1.54) is 6.42 Å². The highest BCUT2D eigenvalue weighted by Crippen LogP contribution is 2.31. The Hall–Kier alpha value is -1.10. The summed E-state index contributed by atoms with van der Waals surface area (Å²) >= 11 is 0. The number of carboxylic acids is 1. The largest absolute Gasteiger partial charge is 0.481 e. The monoisotopic (exact) mass is 269 g/mol. The Morgan fingerprint density at radius 1 is 1.26 bits per heavy atom. The lowest BCUT2D eigenvalue weighted by atomic mass is 10.00. The predicted molar refractivity (Wildman–Crippen MR) is 69.7 cm³/mol. The molecule has 2 heterocycles. The maximum Gasteiger partial charge on any atom is 0.303 e. The average molecular weight is 269 g/mol. The lowest BCUT2D eigenvalue weighted by Gasteiger charge is -2.28. The van der Waals surface area contributed by atoms with Crippen LogP contribution >= 0.6 is 0 Å². The molecule has 0 aromatic heterocycles. The molecule has 1 saturated carbocycles. The van der Waals surface area contributed by atoms with Gasteiger partial charge in [-0.2, -0.15) is 0 Å². The van der Waals surface area contributed by atoms with Crippen molar-refractivity contribution in [2.24, 2.45) is 11.8 Å². The van der Waals surface area contributed by atoms with Crippen molar-refractivity contribution in [3.05, 3.63) is 0 Å². The fourth-order valence-electron chi connectivity index (χ4n) is 3.09. The molecule has 108 valence electrons. The van der Waals surface area contributed by atoms with Crippen LogP contribution in [0.25, 0.3) is 0 Å². The molecule has 2 N–H and O–H groups in total. The van der Waals surface area contributed by atoms with E-state index >= 15 is 0 Å². The van der Waals surface area contributed by atoms with Crippen molar-refractivity contribution in [3.8, 4) is 0 Å². The van der Waals surface area contributed by atoms with Gasteiger partial charge in [0.15, 0.2) is 0 Å². The van der Waals surface area contributed by atoms with Gasteiger partial charge in [-0.3, -0.25) is 9.59 Å². The van der Waals surface area contributed by atoms with Gasteiger partial charge in [0.25, 0.3) is 0 Å². The van der Waals surface area contributed by atoms with Gasteiger partial charge >= 0.3 is 5.97 Å². The summed E-state index contributed by atoms with van der Waals surface area (Å²) in [6, 6.07) is 0.108. The first-order valence-corrected chi connectivity index (χ1v) is 7.17. The summed E-state index contributed by atoms with van der Waals surface area (Å²) in [4.78, 5) is 22.5. The minimum atomic E-state index is -0.850. The molecule has 0 radical (unpaired) electrons. The third kappa shape index (κ3) is 4.20. The zero-order chi connectivity index (χ0) is 13.8. The summed E-state index contributed by atoms with van der Waals surface area (Å²) in [6.45, 7) is 2.62. The van der Waals surface area contributed by atoms with Crippen LogP contribution < -0.4 is 5.32 Å². The van der Waals surface area contributed by atoms with Crippen molar-refractivity contribution in [3.63, 3.8) is 0 Å². The minimum Gasteiger partial charge on any atom is -0.481 e. The van der Waals surface area contributed by atoms with Crippen LogP contribution in [-0.2, 0) is 14.3 Å². The molecular weight excluding hydrogens is 246 g/mol. The third-order valence-corrected chi connectivity index (χ3v) is 4.14. The molecular formula is C14H23NO4. The van der Waals surface area contributed by atoms with E-state index in [-0.39, 0.29) is 36.8 Å². The number of carboxylic acid groups (broad SMARTS) is 1. The molecule has 0 aromatic carbocycles. The summed E-state index contributed by atoms with van der Waals surface area (Å²) in [5, 5.41) is 11.7. The Bertz CT molecular complexity index is 336. The predicted octanol–water partition coefficient (Wildman–Crippen LogP) is 1.56. The number of aliphatic carboxylic acids is 1. The van der Waals surface area contributed by atoms with Crippen LogP contribution in [0.5, 0.6) is 0 Å². The normalized spacial score (nSPS) is 31.5. The molecule has 1 aliphatic carbocycles. The van der Waals surface area contributed by atoms with Crippen LogP contribution in [0.4, 0.5) is 0 Å². The van der Waals surface area contributed by atoms with E-state index < -0.39 is 5.97 Å². The minimum absolute atomic E-state index is 0.0418. The number of fused-ring (bicyclic) bond motifs is 4. The van der Waals surface area contributed by atoms with Crippen molar-refractivity contribution in [1.29, 1.82) is 0 Å². The Labute approximate surface area is 113 Å². The first kappa shape index (κ1) is 14.3. The standard InChI is InChI=1S/C14H23NO4/c1-9(7-14(17)18)6-13(16)15-11-4-2-10-3-5-12(11)19-8-10/h9-12H,2-8H2,1H3,(H,15,16)(H,17,18). The number of carbonyl (C=O) groups is 2. The summed E-state index contributed by atoms with van der Waals surface area (Å²) in [5.74, 6) is -0.367. The highest BCUT2D eigenvalue weighted by Gasteiger charge is 2.33. The van der Waals surface area contributed by atoms with E-state index in [1.54, 1.807) is 6.92 Å². The second-order valence-corrected chi connectivity index (χ2v) is 5.97. The number of hydrogen-bond acceptors (Lipinski definition) is 3. The van der Waals surface area contributed by atoms with Gasteiger partial charge in [0.1, 0.15) is 0 Å². The van der Waals surface area contributed by atoms with Gasteiger partial charge in [0, 0.05) is 19.4 Å². The van der Waals surface area contributed by atoms with E-state index in [2.05, 4.69) is 5.32 Å². The van der Waals surface area contributed by atoms with Crippen LogP contribution in [-0.4, -0.2) is 35.7 Å². The second-order valence-electron chi connectivity index (χ2n) is 5.97. The van der Waals surface area contributed by atoms with E-state index in [0.717, 1.165) is 25.9 Å². The fraction of sp³-hybridized carbons (Fsp3) is 0.857. The topological polar surface area (TPSA) is 75.6 Å². The van der Waals surface area contributed by atoms with Gasteiger partial charge in [-0.05, 0) is 37.5 Å². The van der Waals surface area contributed by atoms with E-state index in [0.29, 0.717) is 5.92 Å². The molecule has 0 spiro atoms. The zero-order valence-electron chi connectivity index (χ0n) is 11.4. The maximum atomic E-state index is 11.9. The van der Waals surface area contributed by atoms with Crippen molar-refractivity contribution < 1.29 is 19.4 Å². The molecule has 2 saturated heterocycles. The molecule has 5 nitrogen and oxygen atoms in total. The molecule has 2 aliphatic heterocycles. The van der Waals surface area contributed by atoms with Gasteiger partial charge in [-0.1, -0.05) is 6.92 Å². The lowest BCUT2D eigenvalue weighted by Crippen LogP contribution is -2.44. The van der Waals surface area contributed by atoms with E-state index in [4.69, 9.17) is 9.84 Å². The Morgan fingerprint density at radius 2 is 2.00 bits per heavy atom. The number of rotatable bonds is 5. The van der Waals surface area contributed by atoms with Gasteiger partial charge in [0.2, 0.25) is 5.91 Å². The molecule has 3 aliphatic rings. The van der Waals surface area contributed by atoms with E-state index in [9.17, 15) is 9.59 Å². The number of ether oxygens (including phenoxy) is 1. The van der Waals surface area contributed by atoms with Crippen LogP contribution in [0.1, 0.15) is 45.4 Å². The van der Waals surface area contributed by atoms with Gasteiger partial charge in [-0.25, -0.2) is 0 Å². The Balaban J connectivity index is 1.79. The molecule has 19 heavy (non-hydrogen) atoms. The average Bonchev–Trinajstić information content (AvgIpc) is 2.62. The molecule has 0 aromatic rings. The van der Waals surface area contributed by atoms with Crippen molar-refractivity contribution in [1.82, 2.24) is 5.32 Å². The van der Waals surface area contributed by atoms with Crippen molar-refractivity contribution >= 4 is 11.9 Å². The molecule has 3 rings (SSSR count). The molecule has 4 unspecified atom stereocenters. The molecule has 2 bridgehead atoms. The van der Waals surface area contributed by atoms with E-state index in [1.807, 2.05) is 0 Å². The van der Waals surface area contributed by atoms with Crippen LogP contribution in [0.15, 0.2) is 0 Å². The van der Waals surface area contributed by atoms with Crippen LogP contribution in [0, 0.1) is 11.8 Å².